The maximum Gasteiger partial charge on any atom is 0.255 e. The summed E-state index contributed by atoms with van der Waals surface area (Å²) in [4.78, 5) is 29.7. The summed E-state index contributed by atoms with van der Waals surface area (Å²) >= 11 is 8.74. The van der Waals surface area contributed by atoms with Crippen LogP contribution in [0.3, 0.4) is 0 Å². The summed E-state index contributed by atoms with van der Waals surface area (Å²) in [7, 11) is 3.07. The molecule has 0 saturated heterocycles. The maximum absolute atomic E-state index is 12.7. The third kappa shape index (κ3) is 5.47. The Kier molecular flexibility index (Phi) is 7.17. The van der Waals surface area contributed by atoms with Crippen molar-refractivity contribution in [3.05, 3.63) is 76.8 Å². The van der Waals surface area contributed by atoms with Gasteiger partial charge in [0.15, 0.2) is 21.6 Å². The molecule has 0 aliphatic heterocycles. The first kappa shape index (κ1) is 23.1. The van der Waals surface area contributed by atoms with E-state index in [9.17, 15) is 9.59 Å². The van der Waals surface area contributed by atoms with E-state index in [0.717, 1.165) is 14.6 Å². The van der Waals surface area contributed by atoms with Crippen molar-refractivity contribution in [2.24, 2.45) is 0 Å². The lowest BCUT2D eigenvalue weighted by molar-refractivity contribution is 0.101. The number of benzene rings is 3. The van der Waals surface area contributed by atoms with Crippen LogP contribution in [0.25, 0.3) is 10.2 Å². The van der Waals surface area contributed by atoms with Gasteiger partial charge in [0.05, 0.1) is 30.2 Å². The molecule has 0 atom stereocenters. The van der Waals surface area contributed by atoms with Crippen molar-refractivity contribution in [1.82, 2.24) is 4.98 Å². The molecule has 9 heteroatoms. The second-order valence-electron chi connectivity index (χ2n) is 6.90. The lowest BCUT2D eigenvalue weighted by atomic mass is 10.1. The monoisotopic (exact) mass is 498 g/mol. The van der Waals surface area contributed by atoms with Crippen LogP contribution >= 0.6 is 34.7 Å². The number of thioether (sulfide) groups is 1. The van der Waals surface area contributed by atoms with Crippen molar-refractivity contribution in [2.75, 3.05) is 25.3 Å². The predicted octanol–water partition coefficient (Wildman–Crippen LogP) is 6.19. The number of carbonyl (C=O) groups excluding carboxylic acids is 2. The van der Waals surface area contributed by atoms with Crippen LogP contribution in [-0.2, 0) is 0 Å². The number of hydrogen-bond donors (Lipinski definition) is 1. The molecule has 1 N–H and O–H groups in total. The van der Waals surface area contributed by atoms with E-state index in [1.165, 1.54) is 30.2 Å². The van der Waals surface area contributed by atoms with Gasteiger partial charge in [-0.05, 0) is 60.7 Å². The van der Waals surface area contributed by atoms with Crippen molar-refractivity contribution in [3.8, 4) is 11.5 Å². The molecule has 0 unspecified atom stereocenters. The van der Waals surface area contributed by atoms with E-state index in [4.69, 9.17) is 21.1 Å². The summed E-state index contributed by atoms with van der Waals surface area (Å²) in [6.07, 6.45) is 0. The quantitative estimate of drug-likeness (QED) is 0.230. The number of ether oxygens (including phenoxy) is 2. The van der Waals surface area contributed by atoms with Gasteiger partial charge in [0.25, 0.3) is 5.91 Å². The zero-order valence-electron chi connectivity index (χ0n) is 17.8. The largest absolute Gasteiger partial charge is 0.493 e. The van der Waals surface area contributed by atoms with E-state index in [0.29, 0.717) is 33.3 Å². The van der Waals surface area contributed by atoms with Gasteiger partial charge in [-0.3, -0.25) is 9.59 Å². The normalized spacial score (nSPS) is 10.8. The minimum atomic E-state index is -0.261. The number of ketones is 1. The number of amides is 1. The van der Waals surface area contributed by atoms with E-state index in [1.807, 2.05) is 12.1 Å². The van der Waals surface area contributed by atoms with E-state index in [1.54, 1.807) is 55.6 Å². The summed E-state index contributed by atoms with van der Waals surface area (Å²) < 4.78 is 12.2. The molecule has 33 heavy (non-hydrogen) atoms. The zero-order chi connectivity index (χ0) is 23.4. The molecule has 0 aliphatic carbocycles. The molecule has 0 bridgehead atoms. The Labute approximate surface area is 203 Å². The molecule has 1 heterocycles. The second kappa shape index (κ2) is 10.2. The molecular formula is C24H19ClN2O4S2. The van der Waals surface area contributed by atoms with Gasteiger partial charge in [-0.25, -0.2) is 4.98 Å². The van der Waals surface area contributed by atoms with Crippen LogP contribution in [0.1, 0.15) is 20.7 Å². The van der Waals surface area contributed by atoms with E-state index in [-0.39, 0.29) is 17.4 Å². The highest BCUT2D eigenvalue weighted by Gasteiger charge is 2.13. The van der Waals surface area contributed by atoms with Crippen LogP contribution in [0.5, 0.6) is 11.5 Å². The number of fused-ring (bicyclic) bond motifs is 1. The van der Waals surface area contributed by atoms with Crippen LogP contribution in [0.15, 0.2) is 65.0 Å². The first-order valence-corrected chi connectivity index (χ1v) is 12.0. The first-order valence-electron chi connectivity index (χ1n) is 9.82. The number of hydrogen-bond acceptors (Lipinski definition) is 7. The minimum Gasteiger partial charge on any atom is -0.493 e. The van der Waals surface area contributed by atoms with Crippen molar-refractivity contribution >= 4 is 62.3 Å². The first-order chi connectivity index (χ1) is 16.0. The fraction of sp³-hybridized carbons (Fsp3) is 0.125. The van der Waals surface area contributed by atoms with E-state index in [2.05, 4.69) is 10.3 Å². The Morgan fingerprint density at radius 3 is 2.42 bits per heavy atom. The maximum atomic E-state index is 12.7. The lowest BCUT2D eigenvalue weighted by Gasteiger charge is -2.10. The summed E-state index contributed by atoms with van der Waals surface area (Å²) in [6, 6.07) is 17.4. The molecule has 6 nitrogen and oxygen atoms in total. The van der Waals surface area contributed by atoms with Crippen LogP contribution in [-0.4, -0.2) is 36.6 Å². The topological polar surface area (TPSA) is 77.5 Å². The molecule has 0 radical (unpaired) electrons. The molecule has 0 saturated carbocycles. The highest BCUT2D eigenvalue weighted by Crippen LogP contribution is 2.32. The standard InChI is InChI=1S/C24H19ClN2O4S2/c1-30-20-10-5-15(11-21(20)31-2)23(29)26-17-8-9-18-22(12-17)33-24(27-18)32-13-19(28)14-3-6-16(25)7-4-14/h3-12H,13H2,1-2H3,(H,26,29). The molecule has 1 amide bonds. The Morgan fingerprint density at radius 2 is 1.70 bits per heavy atom. The van der Waals surface area contributed by atoms with Gasteiger partial charge in [0.1, 0.15) is 0 Å². The summed E-state index contributed by atoms with van der Waals surface area (Å²) in [5, 5.41) is 3.49. The number of Topliss-reactive ketones (excluding diaryl/α,β-unsaturated/α-hetero) is 1. The number of thiazole rings is 1. The molecule has 4 rings (SSSR count). The van der Waals surface area contributed by atoms with Crippen molar-refractivity contribution in [3.63, 3.8) is 0 Å². The number of nitrogens with zero attached hydrogens (tertiary/aromatic N) is 1. The number of aromatic nitrogens is 1. The van der Waals surface area contributed by atoms with E-state index >= 15 is 0 Å². The van der Waals surface area contributed by atoms with Gasteiger partial charge < -0.3 is 14.8 Å². The molecule has 0 aliphatic rings. The fourth-order valence-corrected chi connectivity index (χ4v) is 5.20. The van der Waals surface area contributed by atoms with Gasteiger partial charge in [-0.1, -0.05) is 23.4 Å². The van der Waals surface area contributed by atoms with Crippen molar-refractivity contribution in [1.29, 1.82) is 0 Å². The SMILES string of the molecule is COc1ccc(C(=O)Nc2ccc3nc(SCC(=O)c4ccc(Cl)cc4)sc3c2)cc1OC. The molecule has 168 valence electrons. The predicted molar refractivity (Wildman–Crippen MR) is 134 cm³/mol. The summed E-state index contributed by atoms with van der Waals surface area (Å²) in [6.45, 7) is 0. The third-order valence-electron chi connectivity index (χ3n) is 4.77. The van der Waals surface area contributed by atoms with Gasteiger partial charge in [0.2, 0.25) is 0 Å². The Morgan fingerprint density at radius 1 is 0.970 bits per heavy atom. The molecule has 0 fully saturated rings. The van der Waals surface area contributed by atoms with Gasteiger partial charge in [-0.15, -0.1) is 11.3 Å². The number of carbonyl (C=O) groups is 2. The molecular weight excluding hydrogens is 480 g/mol. The number of halogens is 1. The fourth-order valence-electron chi connectivity index (χ4n) is 3.07. The molecule has 1 aromatic heterocycles. The summed E-state index contributed by atoms with van der Waals surface area (Å²) in [5.74, 6) is 1.07. The number of anilines is 1. The highest BCUT2D eigenvalue weighted by atomic mass is 35.5. The van der Waals surface area contributed by atoms with Crippen LogP contribution in [0.2, 0.25) is 5.02 Å². The van der Waals surface area contributed by atoms with Crippen molar-refractivity contribution < 1.29 is 19.1 Å². The number of nitrogens with one attached hydrogen (secondary N) is 1. The van der Waals surface area contributed by atoms with Crippen LogP contribution in [0, 0.1) is 0 Å². The molecule has 0 spiro atoms. The van der Waals surface area contributed by atoms with Crippen molar-refractivity contribution in [2.45, 2.75) is 4.34 Å². The van der Waals surface area contributed by atoms with Gasteiger partial charge in [0, 0.05) is 21.8 Å². The third-order valence-corrected chi connectivity index (χ3v) is 7.18. The van der Waals surface area contributed by atoms with Gasteiger partial charge >= 0.3 is 0 Å². The van der Waals surface area contributed by atoms with E-state index < -0.39 is 0 Å². The smallest absolute Gasteiger partial charge is 0.255 e. The molecule has 4 aromatic rings. The number of methoxy groups -OCH3 is 2. The number of rotatable bonds is 8. The van der Waals surface area contributed by atoms with Crippen LogP contribution < -0.4 is 14.8 Å². The average Bonchev–Trinajstić information content (AvgIpc) is 3.24. The highest BCUT2D eigenvalue weighted by molar-refractivity contribution is 8.01. The average molecular weight is 499 g/mol. The molecule has 3 aromatic carbocycles. The Balaban J connectivity index is 1.44. The second-order valence-corrected chi connectivity index (χ2v) is 9.59. The van der Waals surface area contributed by atoms with Crippen LogP contribution in [0.4, 0.5) is 5.69 Å². The van der Waals surface area contributed by atoms with Gasteiger partial charge in [-0.2, -0.15) is 0 Å². The Bertz CT molecular complexity index is 1320. The lowest BCUT2D eigenvalue weighted by Crippen LogP contribution is -2.12. The minimum absolute atomic E-state index is 0.0128. The Hall–Kier alpha value is -3.07. The zero-order valence-corrected chi connectivity index (χ0v) is 20.1. The summed E-state index contributed by atoms with van der Waals surface area (Å²) in [5.41, 5.74) is 2.53.